The normalized spacial score (nSPS) is 38.3. The molecule has 4 aliphatic carbocycles. The van der Waals surface area contributed by atoms with E-state index in [4.69, 9.17) is 9.47 Å². The maximum atomic E-state index is 12.9. The highest BCUT2D eigenvalue weighted by Gasteiger charge is 2.61. The zero-order valence-corrected chi connectivity index (χ0v) is 18.6. The molecule has 6 nitrogen and oxygen atoms in total. The Hall–Kier alpha value is -2.50. The SMILES string of the molecule is CC(=O)OCC(=O)C1=CC[C@H]2[C@@H]3CCC4=CC(=O)C=C[C@]4(C)[C@H]3[C@H](OC(C)=O)C[C@]12C. The molecule has 0 saturated heterocycles. The van der Waals surface area contributed by atoms with E-state index in [0.717, 1.165) is 24.8 Å². The van der Waals surface area contributed by atoms with Crippen molar-refractivity contribution in [2.24, 2.45) is 28.6 Å². The van der Waals surface area contributed by atoms with Crippen LogP contribution >= 0.6 is 0 Å². The number of ketones is 2. The van der Waals surface area contributed by atoms with Crippen LogP contribution in [0.15, 0.2) is 35.5 Å². The fourth-order valence-corrected chi connectivity index (χ4v) is 6.86. The molecule has 2 saturated carbocycles. The number of Topliss-reactive ketones (excluding diaryl/α,β-unsaturated/α-hetero) is 1. The van der Waals surface area contributed by atoms with Crippen LogP contribution in [0.25, 0.3) is 0 Å². The Morgan fingerprint density at radius 3 is 2.58 bits per heavy atom. The van der Waals surface area contributed by atoms with Gasteiger partial charge in [0.05, 0.1) is 0 Å². The van der Waals surface area contributed by atoms with Gasteiger partial charge in [0.15, 0.2) is 18.2 Å². The van der Waals surface area contributed by atoms with Crippen molar-refractivity contribution in [2.75, 3.05) is 6.61 Å². The molecular weight excluding hydrogens is 396 g/mol. The van der Waals surface area contributed by atoms with Gasteiger partial charge in [0.25, 0.3) is 0 Å². The van der Waals surface area contributed by atoms with Crippen LogP contribution in [-0.2, 0) is 28.7 Å². The molecule has 0 aromatic carbocycles. The van der Waals surface area contributed by atoms with E-state index in [1.54, 1.807) is 12.2 Å². The second-order valence-electron chi connectivity index (χ2n) is 9.85. The number of ether oxygens (including phenoxy) is 2. The highest BCUT2D eigenvalue weighted by atomic mass is 16.5. The molecule has 0 heterocycles. The Morgan fingerprint density at radius 1 is 1.16 bits per heavy atom. The summed E-state index contributed by atoms with van der Waals surface area (Å²) in [7, 11) is 0. The Bertz CT molecular complexity index is 940. The maximum Gasteiger partial charge on any atom is 0.303 e. The van der Waals surface area contributed by atoms with Gasteiger partial charge in [0.1, 0.15) is 6.10 Å². The van der Waals surface area contributed by atoms with Crippen LogP contribution in [0.2, 0.25) is 0 Å². The fourth-order valence-electron chi connectivity index (χ4n) is 6.86. The number of esters is 2. The first-order valence-corrected chi connectivity index (χ1v) is 11.0. The Morgan fingerprint density at radius 2 is 1.90 bits per heavy atom. The molecule has 0 aliphatic heterocycles. The number of hydrogen-bond donors (Lipinski definition) is 0. The minimum absolute atomic E-state index is 0.0106. The van der Waals surface area contributed by atoms with Crippen LogP contribution in [-0.4, -0.2) is 36.2 Å². The third-order valence-corrected chi connectivity index (χ3v) is 8.08. The Balaban J connectivity index is 1.70. The van der Waals surface area contributed by atoms with E-state index in [1.165, 1.54) is 13.8 Å². The van der Waals surface area contributed by atoms with Gasteiger partial charge in [0.2, 0.25) is 0 Å². The summed E-state index contributed by atoms with van der Waals surface area (Å²) < 4.78 is 10.9. The summed E-state index contributed by atoms with van der Waals surface area (Å²) in [5.74, 6) is -0.439. The zero-order valence-electron chi connectivity index (χ0n) is 18.6. The second kappa shape index (κ2) is 7.57. The van der Waals surface area contributed by atoms with Gasteiger partial charge in [-0.05, 0) is 49.7 Å². The standard InChI is InChI=1S/C25H30O6/c1-14(26)30-13-21(29)20-8-7-19-18-6-5-16-11-17(28)9-10-24(16,3)23(18)22(31-15(2)27)12-25(19,20)4/h8-11,18-19,22-23H,5-7,12-13H2,1-4H3/t18-,19-,22+,23+,24-,25-/m0/s1. The van der Waals surface area contributed by atoms with Crippen molar-refractivity contribution in [3.05, 3.63) is 35.5 Å². The topological polar surface area (TPSA) is 86.7 Å². The van der Waals surface area contributed by atoms with Gasteiger partial charge in [0, 0.05) is 36.2 Å². The van der Waals surface area contributed by atoms with E-state index in [1.807, 2.05) is 12.2 Å². The summed E-state index contributed by atoms with van der Waals surface area (Å²) in [5.41, 5.74) is 1.02. The molecular formula is C25H30O6. The van der Waals surface area contributed by atoms with Gasteiger partial charge in [-0.2, -0.15) is 0 Å². The molecule has 0 aromatic rings. The molecule has 0 amide bonds. The first-order valence-electron chi connectivity index (χ1n) is 11.0. The lowest BCUT2D eigenvalue weighted by Crippen LogP contribution is -2.56. The van der Waals surface area contributed by atoms with Gasteiger partial charge in [-0.25, -0.2) is 0 Å². The number of rotatable bonds is 4. The summed E-state index contributed by atoms with van der Waals surface area (Å²) in [6.07, 6.45) is 10.0. The minimum Gasteiger partial charge on any atom is -0.462 e. The van der Waals surface area contributed by atoms with Gasteiger partial charge < -0.3 is 9.47 Å². The molecule has 0 N–H and O–H groups in total. The fraction of sp³-hybridized carbons (Fsp3) is 0.600. The third kappa shape index (κ3) is 3.50. The molecule has 6 heteroatoms. The van der Waals surface area contributed by atoms with Crippen molar-refractivity contribution >= 4 is 23.5 Å². The number of carbonyl (C=O) groups is 4. The number of fused-ring (bicyclic) bond motifs is 5. The molecule has 0 unspecified atom stereocenters. The molecule has 31 heavy (non-hydrogen) atoms. The predicted octanol–water partition coefficient (Wildman–Crippen LogP) is 3.50. The van der Waals surface area contributed by atoms with Crippen LogP contribution in [0.4, 0.5) is 0 Å². The first kappa shape index (κ1) is 21.7. The Kier molecular flexibility index (Phi) is 5.31. The highest BCUT2D eigenvalue weighted by molar-refractivity contribution is 6.01. The minimum atomic E-state index is -0.478. The van der Waals surface area contributed by atoms with Crippen LogP contribution < -0.4 is 0 Å². The smallest absolute Gasteiger partial charge is 0.303 e. The maximum absolute atomic E-state index is 12.9. The van der Waals surface area contributed by atoms with Crippen molar-refractivity contribution in [2.45, 2.75) is 59.5 Å². The van der Waals surface area contributed by atoms with E-state index >= 15 is 0 Å². The van der Waals surface area contributed by atoms with E-state index in [2.05, 4.69) is 13.8 Å². The van der Waals surface area contributed by atoms with E-state index < -0.39 is 11.4 Å². The second-order valence-corrected chi connectivity index (χ2v) is 9.85. The molecule has 166 valence electrons. The predicted molar refractivity (Wildman–Crippen MR) is 113 cm³/mol. The average Bonchev–Trinajstić information content (AvgIpc) is 3.02. The van der Waals surface area contributed by atoms with Gasteiger partial charge in [-0.3, -0.25) is 19.2 Å². The van der Waals surface area contributed by atoms with Crippen LogP contribution in [0.1, 0.15) is 53.4 Å². The molecule has 2 fully saturated rings. The van der Waals surface area contributed by atoms with Crippen molar-refractivity contribution in [1.29, 1.82) is 0 Å². The molecule has 6 atom stereocenters. The number of allylic oxidation sites excluding steroid dienone is 5. The van der Waals surface area contributed by atoms with Crippen LogP contribution in [0, 0.1) is 28.6 Å². The molecule has 4 rings (SSSR count). The number of carbonyl (C=O) groups excluding carboxylic acids is 4. The monoisotopic (exact) mass is 426 g/mol. The average molecular weight is 427 g/mol. The highest BCUT2D eigenvalue weighted by Crippen LogP contribution is 2.65. The summed E-state index contributed by atoms with van der Waals surface area (Å²) in [4.78, 5) is 48.2. The molecule has 0 radical (unpaired) electrons. The summed E-state index contributed by atoms with van der Waals surface area (Å²) >= 11 is 0. The quantitative estimate of drug-likeness (QED) is 0.640. The summed E-state index contributed by atoms with van der Waals surface area (Å²) in [6.45, 7) is 6.68. The van der Waals surface area contributed by atoms with E-state index in [0.29, 0.717) is 12.0 Å². The molecule has 0 bridgehead atoms. The molecule has 0 aromatic heterocycles. The van der Waals surface area contributed by atoms with Crippen LogP contribution in [0.3, 0.4) is 0 Å². The van der Waals surface area contributed by atoms with Crippen molar-refractivity contribution in [1.82, 2.24) is 0 Å². The van der Waals surface area contributed by atoms with Crippen LogP contribution in [0.5, 0.6) is 0 Å². The largest absolute Gasteiger partial charge is 0.462 e. The van der Waals surface area contributed by atoms with Gasteiger partial charge in [-0.15, -0.1) is 0 Å². The Labute approximate surface area is 182 Å². The lowest BCUT2D eigenvalue weighted by Gasteiger charge is -2.58. The van der Waals surface area contributed by atoms with Crippen molar-refractivity contribution in [3.8, 4) is 0 Å². The van der Waals surface area contributed by atoms with E-state index in [9.17, 15) is 19.2 Å². The van der Waals surface area contributed by atoms with E-state index in [-0.39, 0.29) is 53.4 Å². The third-order valence-electron chi connectivity index (χ3n) is 8.08. The van der Waals surface area contributed by atoms with Gasteiger partial charge >= 0.3 is 11.9 Å². The van der Waals surface area contributed by atoms with Crippen molar-refractivity contribution in [3.63, 3.8) is 0 Å². The van der Waals surface area contributed by atoms with Crippen molar-refractivity contribution < 1.29 is 28.7 Å². The summed E-state index contributed by atoms with van der Waals surface area (Å²) in [6, 6.07) is 0. The summed E-state index contributed by atoms with van der Waals surface area (Å²) in [5, 5.41) is 0. The van der Waals surface area contributed by atoms with Gasteiger partial charge in [-0.1, -0.05) is 31.6 Å². The lowest BCUT2D eigenvalue weighted by molar-refractivity contribution is -0.167. The number of hydrogen-bond acceptors (Lipinski definition) is 6. The molecule has 4 aliphatic rings. The lowest BCUT2D eigenvalue weighted by atomic mass is 9.46. The zero-order chi connectivity index (χ0) is 22.6. The molecule has 0 spiro atoms. The first-order chi connectivity index (χ1) is 14.6.